The molecule has 5 heteroatoms. The van der Waals surface area contributed by atoms with Gasteiger partial charge in [-0.05, 0) is 18.8 Å². The van der Waals surface area contributed by atoms with Gasteiger partial charge in [-0.15, -0.1) is 6.42 Å². The van der Waals surface area contributed by atoms with Gasteiger partial charge in [-0.1, -0.05) is 26.7 Å². The molecule has 2 amide bonds. The molecule has 102 valence electrons. The Hall–Kier alpha value is -1.70. The molecule has 0 aliphatic heterocycles. The zero-order valence-corrected chi connectivity index (χ0v) is 11.2. The molecule has 0 rings (SSSR count). The zero-order valence-electron chi connectivity index (χ0n) is 11.2. The number of nitrogens with one attached hydrogen (secondary N) is 2. The van der Waals surface area contributed by atoms with Crippen molar-refractivity contribution in [2.24, 2.45) is 11.8 Å². The zero-order chi connectivity index (χ0) is 14.1. The normalized spacial score (nSPS) is 13.5. The molecule has 3 N–H and O–H groups in total. The third kappa shape index (κ3) is 6.79. The van der Waals surface area contributed by atoms with Crippen LogP contribution in [0, 0.1) is 24.2 Å². The lowest BCUT2D eigenvalue weighted by molar-refractivity contribution is -0.142. The molecule has 0 aromatic rings. The van der Waals surface area contributed by atoms with Crippen LogP contribution in [0.1, 0.15) is 33.6 Å². The third-order valence-electron chi connectivity index (χ3n) is 2.53. The second-order valence-electron chi connectivity index (χ2n) is 4.65. The molecule has 0 aliphatic rings. The van der Waals surface area contributed by atoms with E-state index in [1.54, 1.807) is 0 Å². The summed E-state index contributed by atoms with van der Waals surface area (Å²) < 4.78 is 0. The van der Waals surface area contributed by atoms with Gasteiger partial charge < -0.3 is 15.7 Å². The first-order chi connectivity index (χ1) is 8.40. The van der Waals surface area contributed by atoms with Gasteiger partial charge in [0.15, 0.2) is 0 Å². The summed E-state index contributed by atoms with van der Waals surface area (Å²) in [4.78, 5) is 22.5. The fraction of sp³-hybridized carbons (Fsp3) is 0.692. The van der Waals surface area contributed by atoms with E-state index in [2.05, 4.69) is 16.6 Å². The Balaban J connectivity index is 4.16. The van der Waals surface area contributed by atoms with Gasteiger partial charge in [0.05, 0.1) is 12.0 Å². The minimum absolute atomic E-state index is 0.111. The van der Waals surface area contributed by atoms with Crippen LogP contribution in [-0.2, 0) is 4.79 Å². The molecule has 0 saturated heterocycles. The molecular weight excluding hydrogens is 232 g/mol. The molecule has 0 aromatic carbocycles. The van der Waals surface area contributed by atoms with Gasteiger partial charge >= 0.3 is 12.0 Å². The van der Waals surface area contributed by atoms with E-state index in [-0.39, 0.29) is 18.5 Å². The molecule has 0 radical (unpaired) electrons. The van der Waals surface area contributed by atoms with Crippen molar-refractivity contribution < 1.29 is 14.7 Å². The molecule has 0 saturated carbocycles. The Bertz CT molecular complexity index is 321. The van der Waals surface area contributed by atoms with Crippen LogP contribution in [0.3, 0.4) is 0 Å². The number of hydrogen-bond donors (Lipinski definition) is 3. The van der Waals surface area contributed by atoms with Crippen LogP contribution in [-0.4, -0.2) is 29.7 Å². The molecule has 18 heavy (non-hydrogen) atoms. The summed E-state index contributed by atoms with van der Waals surface area (Å²) in [5.74, 6) is 1.24. The number of amides is 2. The van der Waals surface area contributed by atoms with Crippen LogP contribution < -0.4 is 10.6 Å². The van der Waals surface area contributed by atoms with Crippen LogP contribution in [0.25, 0.3) is 0 Å². The summed E-state index contributed by atoms with van der Waals surface area (Å²) in [5, 5.41) is 14.1. The lowest BCUT2D eigenvalue weighted by Gasteiger charge is -2.17. The van der Waals surface area contributed by atoms with E-state index in [0.717, 1.165) is 0 Å². The Morgan fingerprint density at radius 1 is 1.39 bits per heavy atom. The molecule has 0 heterocycles. The molecule has 0 aromatic heterocycles. The van der Waals surface area contributed by atoms with Gasteiger partial charge in [0.1, 0.15) is 0 Å². The number of rotatable bonds is 7. The summed E-state index contributed by atoms with van der Waals surface area (Å²) in [6.45, 7) is 5.87. The number of urea groups is 1. The molecule has 2 atom stereocenters. The first-order valence-electron chi connectivity index (χ1n) is 6.13. The smallest absolute Gasteiger partial charge is 0.315 e. The van der Waals surface area contributed by atoms with E-state index >= 15 is 0 Å². The fourth-order valence-electron chi connectivity index (χ4n) is 1.53. The molecule has 0 aliphatic carbocycles. The number of carboxylic acids is 1. The minimum atomic E-state index is -0.895. The highest BCUT2D eigenvalue weighted by Gasteiger charge is 2.19. The standard InChI is InChI=1S/C13H22N2O3/c1-5-11(6-2)15-13(18)14-8-10(12(16)17)7-9(3)4/h1,9-11H,6-8H2,2-4H3,(H,16,17)(H2,14,15,18). The van der Waals surface area contributed by atoms with Crippen LogP contribution in [0.4, 0.5) is 4.79 Å². The highest BCUT2D eigenvalue weighted by Crippen LogP contribution is 2.10. The van der Waals surface area contributed by atoms with Crippen LogP contribution in [0.2, 0.25) is 0 Å². The highest BCUT2D eigenvalue weighted by molar-refractivity contribution is 5.76. The predicted octanol–water partition coefficient (Wildman–Crippen LogP) is 1.44. The topological polar surface area (TPSA) is 78.4 Å². The van der Waals surface area contributed by atoms with Crippen LogP contribution in [0.5, 0.6) is 0 Å². The summed E-state index contributed by atoms with van der Waals surface area (Å²) >= 11 is 0. The summed E-state index contributed by atoms with van der Waals surface area (Å²) in [6.07, 6.45) is 6.38. The Morgan fingerprint density at radius 2 is 2.00 bits per heavy atom. The van der Waals surface area contributed by atoms with Crippen molar-refractivity contribution in [2.45, 2.75) is 39.7 Å². The highest BCUT2D eigenvalue weighted by atomic mass is 16.4. The summed E-state index contributed by atoms with van der Waals surface area (Å²) in [7, 11) is 0. The maximum Gasteiger partial charge on any atom is 0.315 e. The van der Waals surface area contributed by atoms with Gasteiger partial charge in [-0.25, -0.2) is 4.79 Å². The molecule has 5 nitrogen and oxygen atoms in total. The number of carbonyl (C=O) groups is 2. The quantitative estimate of drug-likeness (QED) is 0.602. The van der Waals surface area contributed by atoms with Gasteiger partial charge in [0, 0.05) is 6.54 Å². The van der Waals surface area contributed by atoms with E-state index in [1.807, 2.05) is 20.8 Å². The monoisotopic (exact) mass is 254 g/mol. The Morgan fingerprint density at radius 3 is 2.39 bits per heavy atom. The summed E-state index contributed by atoms with van der Waals surface area (Å²) in [5.41, 5.74) is 0. The van der Waals surface area contributed by atoms with Gasteiger partial charge in [0.25, 0.3) is 0 Å². The first-order valence-corrected chi connectivity index (χ1v) is 6.13. The maximum absolute atomic E-state index is 11.5. The van der Waals surface area contributed by atoms with E-state index in [4.69, 9.17) is 11.5 Å². The molecule has 0 fully saturated rings. The van der Waals surface area contributed by atoms with Gasteiger partial charge in [-0.3, -0.25) is 4.79 Å². The van der Waals surface area contributed by atoms with Crippen molar-refractivity contribution in [3.63, 3.8) is 0 Å². The van der Waals surface area contributed by atoms with Crippen LogP contribution in [0.15, 0.2) is 0 Å². The predicted molar refractivity (Wildman–Crippen MR) is 70.0 cm³/mol. The Labute approximate surface area is 108 Å². The largest absolute Gasteiger partial charge is 0.481 e. The van der Waals surface area contributed by atoms with Crippen molar-refractivity contribution in [2.75, 3.05) is 6.54 Å². The van der Waals surface area contributed by atoms with E-state index in [1.165, 1.54) is 0 Å². The van der Waals surface area contributed by atoms with Crippen molar-refractivity contribution in [1.29, 1.82) is 0 Å². The van der Waals surface area contributed by atoms with Crippen molar-refractivity contribution >= 4 is 12.0 Å². The molecular formula is C13H22N2O3. The van der Waals surface area contributed by atoms with Crippen LogP contribution >= 0.6 is 0 Å². The number of hydrogen-bond acceptors (Lipinski definition) is 2. The average Bonchev–Trinajstić information content (AvgIpc) is 2.30. The summed E-state index contributed by atoms with van der Waals surface area (Å²) in [6, 6.07) is -0.742. The lowest BCUT2D eigenvalue weighted by Crippen LogP contribution is -2.44. The first kappa shape index (κ1) is 16.3. The fourth-order valence-corrected chi connectivity index (χ4v) is 1.53. The maximum atomic E-state index is 11.5. The third-order valence-corrected chi connectivity index (χ3v) is 2.53. The van der Waals surface area contributed by atoms with Crippen molar-refractivity contribution in [1.82, 2.24) is 10.6 Å². The van der Waals surface area contributed by atoms with Gasteiger partial charge in [-0.2, -0.15) is 0 Å². The second-order valence-corrected chi connectivity index (χ2v) is 4.65. The van der Waals surface area contributed by atoms with E-state index < -0.39 is 17.9 Å². The van der Waals surface area contributed by atoms with Crippen molar-refractivity contribution in [3.05, 3.63) is 0 Å². The lowest BCUT2D eigenvalue weighted by atomic mass is 9.97. The average molecular weight is 254 g/mol. The molecule has 2 unspecified atom stereocenters. The minimum Gasteiger partial charge on any atom is -0.481 e. The van der Waals surface area contributed by atoms with Gasteiger partial charge in [0.2, 0.25) is 0 Å². The van der Waals surface area contributed by atoms with Crippen molar-refractivity contribution in [3.8, 4) is 12.3 Å². The SMILES string of the molecule is C#CC(CC)NC(=O)NCC(CC(C)C)C(=O)O. The number of aliphatic carboxylic acids is 1. The van der Waals surface area contributed by atoms with E-state index in [0.29, 0.717) is 12.8 Å². The Kier molecular flexibility index (Phi) is 7.61. The number of terminal acetylenes is 1. The number of carbonyl (C=O) groups excluding carboxylic acids is 1. The molecule has 0 spiro atoms. The number of carboxylic acid groups (broad SMARTS) is 1. The molecule has 0 bridgehead atoms. The van der Waals surface area contributed by atoms with E-state index in [9.17, 15) is 9.59 Å². The second kappa shape index (κ2) is 8.40.